The van der Waals surface area contributed by atoms with Gasteiger partial charge < -0.3 is 4.57 Å². The zero-order valence-electron chi connectivity index (χ0n) is 10.4. The first-order chi connectivity index (χ1) is 8.35. The van der Waals surface area contributed by atoms with Gasteiger partial charge in [0.2, 0.25) is 5.49 Å². The highest BCUT2D eigenvalue weighted by Gasteiger charge is 2.05. The Morgan fingerprint density at radius 1 is 1.12 bits per heavy atom. The number of nitrogens with zero attached hydrogens (tertiary/aromatic N) is 3. The predicted molar refractivity (Wildman–Crippen MR) is 67.6 cm³/mol. The minimum absolute atomic E-state index is 0.929. The average molecular weight is 228 g/mol. The summed E-state index contributed by atoms with van der Waals surface area (Å²) in [5.74, 6) is 0.989. The minimum Gasteiger partial charge on any atom is -0.313 e. The van der Waals surface area contributed by atoms with Crippen molar-refractivity contribution >= 4 is 5.82 Å². The summed E-state index contributed by atoms with van der Waals surface area (Å²) in [5.41, 5.74) is 0.989. The molecule has 2 rings (SSSR count). The fraction of sp³-hybridized carbons (Fsp3) is 0.286. The third-order valence-corrected chi connectivity index (χ3v) is 2.74. The third kappa shape index (κ3) is 2.61. The molecule has 0 bridgehead atoms. The summed E-state index contributed by atoms with van der Waals surface area (Å²) in [7, 11) is 0. The Labute approximate surface area is 102 Å². The van der Waals surface area contributed by atoms with Gasteiger partial charge in [-0.1, -0.05) is 12.1 Å². The lowest BCUT2D eigenvalue weighted by molar-refractivity contribution is -0.680. The maximum Gasteiger partial charge on any atom is 0.325 e. The Bertz CT molecular complexity index is 555. The fourth-order valence-electron chi connectivity index (χ4n) is 1.79. The lowest BCUT2D eigenvalue weighted by Crippen LogP contribution is -2.32. The van der Waals surface area contributed by atoms with Crippen LogP contribution in [0.4, 0.5) is 5.82 Å². The molecule has 0 fully saturated rings. The third-order valence-electron chi connectivity index (χ3n) is 2.74. The monoisotopic (exact) mass is 228 g/mol. The van der Waals surface area contributed by atoms with E-state index >= 15 is 0 Å². The van der Waals surface area contributed by atoms with E-state index in [-0.39, 0.29) is 0 Å². The number of hydrogen-bond donors (Lipinski definition) is 0. The summed E-state index contributed by atoms with van der Waals surface area (Å²) in [6.45, 7) is 6.10. The van der Waals surface area contributed by atoms with Crippen LogP contribution in [0.25, 0.3) is 0 Å². The van der Waals surface area contributed by atoms with Crippen molar-refractivity contribution in [3.63, 3.8) is 0 Å². The van der Waals surface area contributed by atoms with Crippen LogP contribution < -0.4 is 10.1 Å². The normalized spacial score (nSPS) is 11.8. The van der Waals surface area contributed by atoms with E-state index in [4.69, 9.17) is 4.99 Å². The fourth-order valence-corrected chi connectivity index (χ4v) is 1.79. The number of aryl methyl sites for hydroxylation is 2. The molecule has 3 nitrogen and oxygen atoms in total. The van der Waals surface area contributed by atoms with Gasteiger partial charge in [0, 0.05) is 24.9 Å². The summed E-state index contributed by atoms with van der Waals surface area (Å²) in [6.07, 6.45) is 4.11. The van der Waals surface area contributed by atoms with Crippen molar-refractivity contribution in [2.45, 2.75) is 26.9 Å². The quantitative estimate of drug-likeness (QED) is 0.717. The van der Waals surface area contributed by atoms with Crippen LogP contribution in [0.5, 0.6) is 0 Å². The van der Waals surface area contributed by atoms with Crippen LogP contribution in [0.1, 0.15) is 13.8 Å². The van der Waals surface area contributed by atoms with E-state index in [2.05, 4.69) is 35.4 Å². The first kappa shape index (κ1) is 11.6. The van der Waals surface area contributed by atoms with Crippen LogP contribution in [-0.2, 0) is 13.1 Å². The van der Waals surface area contributed by atoms with Crippen molar-refractivity contribution in [1.29, 1.82) is 0 Å². The summed E-state index contributed by atoms with van der Waals surface area (Å²) >= 11 is 0. The van der Waals surface area contributed by atoms with Crippen LogP contribution in [0.15, 0.2) is 53.8 Å². The number of rotatable bonds is 3. The van der Waals surface area contributed by atoms with Gasteiger partial charge in [0.1, 0.15) is 0 Å². The van der Waals surface area contributed by atoms with Gasteiger partial charge in [-0.25, -0.2) is 4.57 Å². The summed E-state index contributed by atoms with van der Waals surface area (Å²) in [4.78, 5) is 4.71. The maximum absolute atomic E-state index is 4.71. The Kier molecular flexibility index (Phi) is 3.70. The van der Waals surface area contributed by atoms with Gasteiger partial charge in [0.25, 0.3) is 0 Å². The van der Waals surface area contributed by atoms with Crippen LogP contribution in [-0.4, -0.2) is 4.57 Å². The molecule has 88 valence electrons. The molecule has 0 aromatic carbocycles. The van der Waals surface area contributed by atoms with Gasteiger partial charge in [-0.05, 0) is 31.0 Å². The van der Waals surface area contributed by atoms with E-state index in [1.165, 1.54) is 0 Å². The highest BCUT2D eigenvalue weighted by atomic mass is 15.1. The zero-order valence-corrected chi connectivity index (χ0v) is 10.4. The Morgan fingerprint density at radius 3 is 2.71 bits per heavy atom. The number of hydrogen-bond acceptors (Lipinski definition) is 1. The Hall–Kier alpha value is -1.90. The van der Waals surface area contributed by atoms with E-state index in [1.807, 2.05) is 36.4 Å². The van der Waals surface area contributed by atoms with Crippen molar-refractivity contribution in [2.75, 3.05) is 0 Å². The Balaban J connectivity index is 2.55. The average Bonchev–Trinajstić information content (AvgIpc) is 2.40. The van der Waals surface area contributed by atoms with Crippen molar-refractivity contribution in [2.24, 2.45) is 4.99 Å². The highest BCUT2D eigenvalue weighted by molar-refractivity contribution is 5.19. The molecular weight excluding hydrogens is 210 g/mol. The topological polar surface area (TPSA) is 21.2 Å². The first-order valence-electron chi connectivity index (χ1n) is 6.03. The van der Waals surface area contributed by atoms with E-state index in [0.29, 0.717) is 0 Å². The molecule has 0 N–H and O–H groups in total. The molecule has 0 saturated heterocycles. The number of pyridine rings is 2. The van der Waals surface area contributed by atoms with Crippen LogP contribution in [0, 0.1) is 0 Å². The molecule has 2 aromatic rings. The van der Waals surface area contributed by atoms with Crippen molar-refractivity contribution < 1.29 is 4.57 Å². The van der Waals surface area contributed by atoms with Crippen molar-refractivity contribution in [3.05, 3.63) is 54.3 Å². The summed E-state index contributed by atoms with van der Waals surface area (Å²) < 4.78 is 4.26. The minimum atomic E-state index is 0.929. The SMILES string of the molecule is CCn1ccccc1=Nc1cccc[n+]1CC. The molecule has 2 heterocycles. The largest absolute Gasteiger partial charge is 0.325 e. The van der Waals surface area contributed by atoms with Gasteiger partial charge in [-0.2, -0.15) is 0 Å². The van der Waals surface area contributed by atoms with E-state index in [0.717, 1.165) is 24.4 Å². The van der Waals surface area contributed by atoms with Crippen molar-refractivity contribution in [3.8, 4) is 0 Å². The number of aromatic nitrogens is 2. The van der Waals surface area contributed by atoms with Crippen molar-refractivity contribution in [1.82, 2.24) is 4.57 Å². The highest BCUT2D eigenvalue weighted by Crippen LogP contribution is 2.01. The van der Waals surface area contributed by atoms with Gasteiger partial charge in [-0.3, -0.25) is 0 Å². The van der Waals surface area contributed by atoms with Crippen LogP contribution >= 0.6 is 0 Å². The smallest absolute Gasteiger partial charge is 0.313 e. The molecule has 0 atom stereocenters. The van der Waals surface area contributed by atoms with Gasteiger partial charge >= 0.3 is 5.82 Å². The van der Waals surface area contributed by atoms with Crippen LogP contribution in [0.3, 0.4) is 0 Å². The molecule has 0 amide bonds. The van der Waals surface area contributed by atoms with E-state index < -0.39 is 0 Å². The van der Waals surface area contributed by atoms with Crippen LogP contribution in [0.2, 0.25) is 0 Å². The zero-order chi connectivity index (χ0) is 12.1. The molecule has 0 spiro atoms. The van der Waals surface area contributed by atoms with Gasteiger partial charge in [0.15, 0.2) is 0 Å². The standard InChI is InChI=1S/C14H18N3/c1-3-16-11-7-5-9-13(16)15-14-10-6-8-12-17(14)4-2/h5-12H,3-4H2,1-2H3/q+1. The molecule has 2 aromatic heterocycles. The van der Waals surface area contributed by atoms with E-state index in [1.54, 1.807) is 0 Å². The Morgan fingerprint density at radius 2 is 1.94 bits per heavy atom. The lowest BCUT2D eigenvalue weighted by Gasteiger charge is -2.00. The lowest BCUT2D eigenvalue weighted by atomic mass is 10.4. The second kappa shape index (κ2) is 5.43. The van der Waals surface area contributed by atoms with Gasteiger partial charge in [-0.15, -0.1) is 0 Å². The molecule has 0 aliphatic rings. The van der Waals surface area contributed by atoms with Gasteiger partial charge in [0.05, 0.1) is 12.7 Å². The first-order valence-corrected chi connectivity index (χ1v) is 6.03. The molecule has 0 radical (unpaired) electrons. The maximum atomic E-state index is 4.71. The second-order valence-electron chi connectivity index (χ2n) is 3.80. The second-order valence-corrected chi connectivity index (χ2v) is 3.80. The molecular formula is C14H18N3+. The molecule has 0 saturated carbocycles. The predicted octanol–water partition coefficient (Wildman–Crippen LogP) is 2.05. The molecule has 17 heavy (non-hydrogen) atoms. The molecule has 0 unspecified atom stereocenters. The molecule has 0 aliphatic heterocycles. The molecule has 0 aliphatic carbocycles. The summed E-state index contributed by atoms with van der Waals surface area (Å²) in [5, 5.41) is 0. The van der Waals surface area contributed by atoms with E-state index in [9.17, 15) is 0 Å². The molecule has 3 heteroatoms. The summed E-state index contributed by atoms with van der Waals surface area (Å²) in [6, 6.07) is 12.2.